The van der Waals surface area contributed by atoms with E-state index in [2.05, 4.69) is 4.98 Å². The average Bonchev–Trinajstić information content (AvgIpc) is 2.03. The highest BCUT2D eigenvalue weighted by molar-refractivity contribution is 5.93. The van der Waals surface area contributed by atoms with Gasteiger partial charge in [0.05, 0.1) is 5.56 Å². The largest absolute Gasteiger partial charge is 0.434 e. The standard InChI is InChI=1S/C7H5F3N2O/c8-7(9,10)5-4(6(11)13)2-1-3-12-5/h1-3H,(H2,11,13). The summed E-state index contributed by atoms with van der Waals surface area (Å²) in [6.07, 6.45) is -3.69. The minimum Gasteiger partial charge on any atom is -0.366 e. The third-order valence-electron chi connectivity index (χ3n) is 1.34. The zero-order valence-corrected chi connectivity index (χ0v) is 6.30. The SMILES string of the molecule is NC(=O)c1cccnc1C(F)(F)F. The lowest BCUT2D eigenvalue weighted by atomic mass is 10.2. The lowest BCUT2D eigenvalue weighted by Gasteiger charge is -2.07. The summed E-state index contributed by atoms with van der Waals surface area (Å²) in [5.74, 6) is -1.14. The van der Waals surface area contributed by atoms with Crippen LogP contribution in [0.15, 0.2) is 18.3 Å². The predicted octanol–water partition coefficient (Wildman–Crippen LogP) is 1.20. The van der Waals surface area contributed by atoms with Crippen LogP contribution in [-0.2, 0) is 6.18 Å². The van der Waals surface area contributed by atoms with Crippen LogP contribution in [0.1, 0.15) is 16.1 Å². The van der Waals surface area contributed by atoms with Gasteiger partial charge in [0.25, 0.3) is 5.91 Å². The Kier molecular flexibility index (Phi) is 2.22. The van der Waals surface area contributed by atoms with Gasteiger partial charge in [-0.05, 0) is 12.1 Å². The van der Waals surface area contributed by atoms with Gasteiger partial charge >= 0.3 is 6.18 Å². The number of alkyl halides is 3. The second kappa shape index (κ2) is 3.04. The highest BCUT2D eigenvalue weighted by Crippen LogP contribution is 2.29. The summed E-state index contributed by atoms with van der Waals surface area (Å²) in [5, 5.41) is 0. The molecule has 1 aromatic heterocycles. The van der Waals surface area contributed by atoms with Crippen molar-refractivity contribution in [1.29, 1.82) is 0 Å². The Morgan fingerprint density at radius 1 is 1.46 bits per heavy atom. The molecule has 70 valence electrons. The van der Waals surface area contributed by atoms with E-state index in [1.165, 1.54) is 6.07 Å². The van der Waals surface area contributed by atoms with Crippen LogP contribution in [0.4, 0.5) is 13.2 Å². The maximum absolute atomic E-state index is 12.1. The number of pyridine rings is 1. The molecule has 1 heterocycles. The van der Waals surface area contributed by atoms with E-state index in [9.17, 15) is 18.0 Å². The van der Waals surface area contributed by atoms with E-state index in [0.29, 0.717) is 0 Å². The number of nitrogens with zero attached hydrogens (tertiary/aromatic N) is 1. The average molecular weight is 190 g/mol. The second-order valence-electron chi connectivity index (χ2n) is 2.26. The maximum atomic E-state index is 12.1. The van der Waals surface area contributed by atoms with Gasteiger partial charge in [0.15, 0.2) is 5.69 Å². The Labute approximate surface area is 71.4 Å². The normalized spacial score (nSPS) is 11.3. The number of carbonyl (C=O) groups is 1. The van der Waals surface area contributed by atoms with E-state index in [1.54, 1.807) is 0 Å². The molecule has 0 spiro atoms. The van der Waals surface area contributed by atoms with Crippen molar-refractivity contribution in [3.05, 3.63) is 29.6 Å². The third-order valence-corrected chi connectivity index (χ3v) is 1.34. The Hall–Kier alpha value is -1.59. The van der Waals surface area contributed by atoms with Gasteiger partial charge in [-0.15, -0.1) is 0 Å². The molecule has 0 bridgehead atoms. The van der Waals surface area contributed by atoms with Gasteiger partial charge in [-0.1, -0.05) is 0 Å². The second-order valence-corrected chi connectivity index (χ2v) is 2.26. The lowest BCUT2D eigenvalue weighted by Crippen LogP contribution is -2.20. The van der Waals surface area contributed by atoms with E-state index < -0.39 is 23.3 Å². The van der Waals surface area contributed by atoms with Crippen LogP contribution in [0, 0.1) is 0 Å². The molecule has 1 amide bonds. The molecule has 6 heteroatoms. The zero-order chi connectivity index (χ0) is 10.1. The molecule has 0 aliphatic carbocycles. The Balaban J connectivity index is 3.28. The number of rotatable bonds is 1. The molecule has 1 aromatic rings. The van der Waals surface area contributed by atoms with Crippen LogP contribution >= 0.6 is 0 Å². The number of nitrogens with two attached hydrogens (primary N) is 1. The van der Waals surface area contributed by atoms with Crippen LogP contribution < -0.4 is 5.73 Å². The molecule has 0 saturated heterocycles. The fourth-order valence-electron chi connectivity index (χ4n) is 0.830. The first-order valence-electron chi connectivity index (χ1n) is 3.25. The smallest absolute Gasteiger partial charge is 0.366 e. The third kappa shape index (κ3) is 1.95. The first kappa shape index (κ1) is 9.50. The Morgan fingerprint density at radius 2 is 2.08 bits per heavy atom. The summed E-state index contributed by atoms with van der Waals surface area (Å²) >= 11 is 0. The van der Waals surface area contributed by atoms with Gasteiger partial charge in [0, 0.05) is 6.20 Å². The number of amides is 1. The molecule has 0 aliphatic heterocycles. The molecule has 0 atom stereocenters. The quantitative estimate of drug-likeness (QED) is 0.723. The fourth-order valence-corrected chi connectivity index (χ4v) is 0.830. The molecule has 2 N–H and O–H groups in total. The van der Waals surface area contributed by atoms with Crippen LogP contribution in [0.5, 0.6) is 0 Å². The minimum atomic E-state index is -4.65. The molecule has 13 heavy (non-hydrogen) atoms. The molecule has 3 nitrogen and oxygen atoms in total. The van der Waals surface area contributed by atoms with Gasteiger partial charge in [0.2, 0.25) is 0 Å². The molecule has 0 fully saturated rings. The van der Waals surface area contributed by atoms with Crippen LogP contribution in [0.25, 0.3) is 0 Å². The van der Waals surface area contributed by atoms with E-state index in [-0.39, 0.29) is 0 Å². The molecule has 0 aliphatic rings. The summed E-state index contributed by atoms with van der Waals surface area (Å²) in [6, 6.07) is 2.20. The minimum absolute atomic E-state index is 0.616. The maximum Gasteiger partial charge on any atom is 0.434 e. The van der Waals surface area contributed by atoms with Gasteiger partial charge < -0.3 is 5.73 Å². The van der Waals surface area contributed by atoms with Crippen LogP contribution in [0.2, 0.25) is 0 Å². The molecule has 0 unspecified atom stereocenters. The number of hydrogen-bond acceptors (Lipinski definition) is 2. The molecular weight excluding hydrogens is 185 g/mol. The number of aromatic nitrogens is 1. The van der Waals surface area contributed by atoms with Gasteiger partial charge in [0.1, 0.15) is 0 Å². The Morgan fingerprint density at radius 3 is 2.46 bits per heavy atom. The van der Waals surface area contributed by atoms with Crippen molar-refractivity contribution >= 4 is 5.91 Å². The van der Waals surface area contributed by atoms with Crippen molar-refractivity contribution in [2.24, 2.45) is 5.73 Å². The van der Waals surface area contributed by atoms with Crippen LogP contribution in [-0.4, -0.2) is 10.9 Å². The highest BCUT2D eigenvalue weighted by atomic mass is 19.4. The molecule has 0 saturated carbocycles. The summed E-state index contributed by atoms with van der Waals surface area (Å²) in [6.45, 7) is 0. The van der Waals surface area contributed by atoms with Gasteiger partial charge in [-0.3, -0.25) is 9.78 Å². The topological polar surface area (TPSA) is 56.0 Å². The monoisotopic (exact) mass is 190 g/mol. The van der Waals surface area contributed by atoms with Gasteiger partial charge in [-0.25, -0.2) is 0 Å². The van der Waals surface area contributed by atoms with Crippen molar-refractivity contribution in [2.75, 3.05) is 0 Å². The van der Waals surface area contributed by atoms with E-state index >= 15 is 0 Å². The van der Waals surface area contributed by atoms with E-state index in [0.717, 1.165) is 12.3 Å². The van der Waals surface area contributed by atoms with Crippen LogP contribution in [0.3, 0.4) is 0 Å². The number of carbonyl (C=O) groups excluding carboxylic acids is 1. The number of primary amides is 1. The molecule has 0 aromatic carbocycles. The predicted molar refractivity (Wildman–Crippen MR) is 37.8 cm³/mol. The van der Waals surface area contributed by atoms with Crippen molar-refractivity contribution < 1.29 is 18.0 Å². The first-order valence-corrected chi connectivity index (χ1v) is 3.25. The fraction of sp³-hybridized carbons (Fsp3) is 0.143. The number of hydrogen-bond donors (Lipinski definition) is 1. The summed E-state index contributed by atoms with van der Waals surface area (Å²) in [7, 11) is 0. The van der Waals surface area contributed by atoms with E-state index in [1.807, 2.05) is 0 Å². The zero-order valence-electron chi connectivity index (χ0n) is 6.30. The van der Waals surface area contributed by atoms with E-state index in [4.69, 9.17) is 5.73 Å². The number of halogens is 3. The van der Waals surface area contributed by atoms with Crippen molar-refractivity contribution in [1.82, 2.24) is 4.98 Å². The molecular formula is C7H5F3N2O. The highest BCUT2D eigenvalue weighted by Gasteiger charge is 2.36. The summed E-state index contributed by atoms with van der Waals surface area (Å²) in [4.78, 5) is 13.6. The van der Waals surface area contributed by atoms with Crippen molar-refractivity contribution in [2.45, 2.75) is 6.18 Å². The lowest BCUT2D eigenvalue weighted by molar-refractivity contribution is -0.141. The summed E-state index contributed by atoms with van der Waals surface area (Å²) in [5.41, 5.74) is 2.87. The van der Waals surface area contributed by atoms with Crippen molar-refractivity contribution in [3.63, 3.8) is 0 Å². The molecule has 1 rings (SSSR count). The Bertz CT molecular complexity index is 335. The molecule has 0 radical (unpaired) electrons. The van der Waals surface area contributed by atoms with Crippen molar-refractivity contribution in [3.8, 4) is 0 Å². The first-order chi connectivity index (χ1) is 5.93. The van der Waals surface area contributed by atoms with Gasteiger partial charge in [-0.2, -0.15) is 13.2 Å². The summed E-state index contributed by atoms with van der Waals surface area (Å²) < 4.78 is 36.4.